The van der Waals surface area contributed by atoms with Crippen LogP contribution < -0.4 is 5.48 Å². The smallest absolute Gasteiger partial charge is 0.0795 e. The van der Waals surface area contributed by atoms with Gasteiger partial charge < -0.3 is 0 Å². The summed E-state index contributed by atoms with van der Waals surface area (Å²) < 4.78 is 0. The lowest BCUT2D eigenvalue weighted by molar-refractivity contribution is -0.0382. The third-order valence-corrected chi connectivity index (χ3v) is 3.21. The minimum Gasteiger partial charge on any atom is -0.298 e. The number of nitrogens with one attached hydrogen (secondary N) is 1. The van der Waals surface area contributed by atoms with Crippen molar-refractivity contribution < 1.29 is 4.84 Å². The Morgan fingerprint density at radius 1 is 1.57 bits per heavy atom. The summed E-state index contributed by atoms with van der Waals surface area (Å²) in [7, 11) is 0. The summed E-state index contributed by atoms with van der Waals surface area (Å²) in [6.07, 6.45) is 5.40. The van der Waals surface area contributed by atoms with Gasteiger partial charge in [-0.1, -0.05) is 12.8 Å². The van der Waals surface area contributed by atoms with Crippen molar-refractivity contribution in [3.63, 3.8) is 0 Å². The molecule has 0 bridgehead atoms. The van der Waals surface area contributed by atoms with Crippen LogP contribution in [0.3, 0.4) is 0 Å². The fourth-order valence-electron chi connectivity index (χ4n) is 1.70. The highest BCUT2D eigenvalue weighted by Gasteiger charge is 2.17. The molecule has 1 unspecified atom stereocenters. The maximum absolute atomic E-state index is 5.60. The van der Waals surface area contributed by atoms with E-state index in [1.165, 1.54) is 25.7 Å². The van der Waals surface area contributed by atoms with Crippen molar-refractivity contribution in [1.82, 2.24) is 10.5 Å². The molecule has 3 nitrogen and oxygen atoms in total. The van der Waals surface area contributed by atoms with Crippen molar-refractivity contribution in [3.05, 3.63) is 16.6 Å². The number of nitrogens with zero attached hydrogens (tertiary/aromatic N) is 1. The van der Waals surface area contributed by atoms with Gasteiger partial charge in [0.25, 0.3) is 0 Å². The molecule has 1 heterocycles. The summed E-state index contributed by atoms with van der Waals surface area (Å²) in [5.74, 6) is 0. The summed E-state index contributed by atoms with van der Waals surface area (Å²) in [6, 6.07) is 0.196. The molecular formula is C10H16N2OS. The predicted molar refractivity (Wildman–Crippen MR) is 57.0 cm³/mol. The first-order chi connectivity index (χ1) is 6.86. The minimum absolute atomic E-state index is 0.196. The van der Waals surface area contributed by atoms with Crippen LogP contribution in [0.5, 0.6) is 0 Å². The average Bonchev–Trinajstić information content (AvgIpc) is 2.87. The Balaban J connectivity index is 1.74. The maximum atomic E-state index is 5.60. The fourth-order valence-corrected chi connectivity index (χ4v) is 2.35. The molecule has 4 heteroatoms. The zero-order valence-electron chi connectivity index (χ0n) is 8.40. The van der Waals surface area contributed by atoms with Gasteiger partial charge in [0.2, 0.25) is 0 Å². The number of hydroxylamine groups is 1. The molecule has 0 spiro atoms. The second kappa shape index (κ2) is 4.87. The topological polar surface area (TPSA) is 34.1 Å². The van der Waals surface area contributed by atoms with Crippen molar-refractivity contribution in [3.8, 4) is 0 Å². The van der Waals surface area contributed by atoms with Gasteiger partial charge in [0.15, 0.2) is 0 Å². The normalized spacial score (nSPS) is 20.1. The molecule has 0 radical (unpaired) electrons. The molecule has 14 heavy (non-hydrogen) atoms. The van der Waals surface area contributed by atoms with Crippen LogP contribution in [-0.2, 0) is 4.84 Å². The van der Waals surface area contributed by atoms with E-state index >= 15 is 0 Å². The molecule has 1 fully saturated rings. The van der Waals surface area contributed by atoms with Gasteiger partial charge in [-0.2, -0.15) is 5.48 Å². The van der Waals surface area contributed by atoms with Crippen LogP contribution >= 0.6 is 11.3 Å². The molecule has 0 aliphatic heterocycles. The first-order valence-electron chi connectivity index (χ1n) is 5.15. The molecule has 0 saturated heterocycles. The Morgan fingerprint density at radius 2 is 2.36 bits per heavy atom. The molecule has 1 atom stereocenters. The van der Waals surface area contributed by atoms with Crippen LogP contribution in [0, 0.1) is 0 Å². The van der Waals surface area contributed by atoms with Crippen molar-refractivity contribution in [2.75, 3.05) is 0 Å². The van der Waals surface area contributed by atoms with E-state index < -0.39 is 0 Å². The number of rotatable bonds is 4. The number of thiazole rings is 1. The van der Waals surface area contributed by atoms with E-state index in [9.17, 15) is 0 Å². The van der Waals surface area contributed by atoms with Gasteiger partial charge in [-0.05, 0) is 19.8 Å². The molecular weight excluding hydrogens is 196 g/mol. The van der Waals surface area contributed by atoms with E-state index in [1.54, 1.807) is 11.3 Å². The van der Waals surface area contributed by atoms with E-state index in [-0.39, 0.29) is 6.04 Å². The Labute approximate surface area is 88.5 Å². The molecule has 2 rings (SSSR count). The summed E-state index contributed by atoms with van der Waals surface area (Å²) in [5.41, 5.74) is 5.98. The van der Waals surface area contributed by atoms with Gasteiger partial charge in [-0.15, -0.1) is 11.3 Å². The summed E-state index contributed by atoms with van der Waals surface area (Å²) in [4.78, 5) is 9.84. The Bertz CT molecular complexity index is 257. The first kappa shape index (κ1) is 10.1. The lowest BCUT2D eigenvalue weighted by Crippen LogP contribution is -2.24. The van der Waals surface area contributed by atoms with E-state index in [4.69, 9.17) is 4.84 Å². The third kappa shape index (κ3) is 2.53. The van der Waals surface area contributed by atoms with Crippen molar-refractivity contribution >= 4 is 11.3 Å². The Morgan fingerprint density at radius 3 is 3.00 bits per heavy atom. The van der Waals surface area contributed by atoms with Gasteiger partial charge in [0.05, 0.1) is 23.4 Å². The summed E-state index contributed by atoms with van der Waals surface area (Å²) >= 11 is 1.62. The SMILES string of the molecule is CC(NOC1CCCC1)c1cscn1. The van der Waals surface area contributed by atoms with E-state index in [1.807, 2.05) is 5.51 Å². The zero-order chi connectivity index (χ0) is 9.80. The number of hydrogen-bond acceptors (Lipinski definition) is 4. The van der Waals surface area contributed by atoms with Crippen LogP contribution in [0.2, 0.25) is 0 Å². The van der Waals surface area contributed by atoms with Gasteiger partial charge in [0, 0.05) is 5.38 Å². The lowest BCUT2D eigenvalue weighted by Gasteiger charge is -2.15. The molecule has 1 aromatic heterocycles. The number of aromatic nitrogens is 1. The number of hydrogen-bond donors (Lipinski definition) is 1. The standard InChI is InChI=1S/C10H16N2OS/c1-8(10-6-14-7-11-10)12-13-9-4-2-3-5-9/h6-9,12H,2-5H2,1H3. The van der Waals surface area contributed by atoms with Crippen LogP contribution in [0.4, 0.5) is 0 Å². The molecule has 0 aromatic carbocycles. The summed E-state index contributed by atoms with van der Waals surface area (Å²) in [5, 5.41) is 2.05. The van der Waals surface area contributed by atoms with Gasteiger partial charge in [-0.3, -0.25) is 4.84 Å². The Hall–Kier alpha value is -0.450. The van der Waals surface area contributed by atoms with E-state index in [0.717, 1.165) is 5.69 Å². The zero-order valence-corrected chi connectivity index (χ0v) is 9.22. The van der Waals surface area contributed by atoms with Crippen LogP contribution in [-0.4, -0.2) is 11.1 Å². The van der Waals surface area contributed by atoms with Gasteiger partial charge >= 0.3 is 0 Å². The molecule has 0 amide bonds. The Kier molecular flexibility index (Phi) is 3.50. The average molecular weight is 212 g/mol. The van der Waals surface area contributed by atoms with Gasteiger partial charge in [0.1, 0.15) is 0 Å². The summed E-state index contributed by atoms with van der Waals surface area (Å²) in [6.45, 7) is 2.07. The van der Waals surface area contributed by atoms with Crippen molar-refractivity contribution in [1.29, 1.82) is 0 Å². The molecule has 1 saturated carbocycles. The second-order valence-electron chi connectivity index (χ2n) is 3.78. The molecule has 1 aliphatic rings. The molecule has 1 aliphatic carbocycles. The predicted octanol–water partition coefficient (Wildman–Crippen LogP) is 2.67. The highest BCUT2D eigenvalue weighted by atomic mass is 32.1. The third-order valence-electron chi connectivity index (χ3n) is 2.61. The van der Waals surface area contributed by atoms with Crippen molar-refractivity contribution in [2.24, 2.45) is 0 Å². The maximum Gasteiger partial charge on any atom is 0.0795 e. The van der Waals surface area contributed by atoms with Crippen molar-refractivity contribution in [2.45, 2.75) is 44.8 Å². The lowest BCUT2D eigenvalue weighted by atomic mass is 10.3. The highest BCUT2D eigenvalue weighted by molar-refractivity contribution is 7.07. The van der Waals surface area contributed by atoms with E-state index in [2.05, 4.69) is 22.8 Å². The van der Waals surface area contributed by atoms with Crippen LogP contribution in [0.15, 0.2) is 10.9 Å². The second-order valence-corrected chi connectivity index (χ2v) is 4.50. The largest absolute Gasteiger partial charge is 0.298 e. The van der Waals surface area contributed by atoms with E-state index in [0.29, 0.717) is 6.10 Å². The highest BCUT2D eigenvalue weighted by Crippen LogP contribution is 2.21. The van der Waals surface area contributed by atoms with Gasteiger partial charge in [-0.25, -0.2) is 4.98 Å². The van der Waals surface area contributed by atoms with Crippen LogP contribution in [0.25, 0.3) is 0 Å². The molecule has 78 valence electrons. The van der Waals surface area contributed by atoms with Crippen LogP contribution in [0.1, 0.15) is 44.3 Å². The minimum atomic E-state index is 0.196. The monoisotopic (exact) mass is 212 g/mol. The molecule has 1 N–H and O–H groups in total. The molecule has 1 aromatic rings. The first-order valence-corrected chi connectivity index (χ1v) is 6.10. The fraction of sp³-hybridized carbons (Fsp3) is 0.700. The quantitative estimate of drug-likeness (QED) is 0.779.